The van der Waals surface area contributed by atoms with Crippen LogP contribution in [0.4, 0.5) is 0 Å². The Morgan fingerprint density at radius 2 is 1.89 bits per heavy atom. The third-order valence-electron chi connectivity index (χ3n) is 2.62. The molecule has 0 heterocycles. The van der Waals surface area contributed by atoms with Crippen LogP contribution in [-0.4, -0.2) is 43.4 Å². The number of esters is 1. The van der Waals surface area contributed by atoms with Crippen molar-refractivity contribution in [2.45, 2.75) is 6.42 Å². The number of methoxy groups -OCH3 is 1. The highest BCUT2D eigenvalue weighted by Gasteiger charge is 2.14. The number of amides is 2. The van der Waals surface area contributed by atoms with Gasteiger partial charge >= 0.3 is 5.97 Å². The average Bonchev–Trinajstić information content (AvgIpc) is 2.43. The maximum atomic E-state index is 12.0. The third-order valence-corrected chi connectivity index (χ3v) is 2.62. The number of nitrogens with zero attached hydrogens (tertiary/aromatic N) is 1. The Labute approximate surface area is 111 Å². The highest BCUT2D eigenvalue weighted by molar-refractivity contribution is 5.99. The molecule has 0 saturated heterocycles. The average molecular weight is 264 g/mol. The van der Waals surface area contributed by atoms with E-state index in [4.69, 9.17) is 5.73 Å². The highest BCUT2D eigenvalue weighted by atomic mass is 16.5. The first kappa shape index (κ1) is 14.7. The second-order valence-electron chi connectivity index (χ2n) is 4.00. The van der Waals surface area contributed by atoms with E-state index in [9.17, 15) is 14.4 Å². The quantitative estimate of drug-likeness (QED) is 0.780. The molecule has 6 nitrogen and oxygen atoms in total. The van der Waals surface area contributed by atoms with E-state index in [2.05, 4.69) is 4.74 Å². The van der Waals surface area contributed by atoms with Crippen LogP contribution in [0.3, 0.4) is 0 Å². The third kappa shape index (κ3) is 4.09. The van der Waals surface area contributed by atoms with Gasteiger partial charge in [-0.2, -0.15) is 0 Å². The second-order valence-corrected chi connectivity index (χ2v) is 4.00. The summed E-state index contributed by atoms with van der Waals surface area (Å²) in [6, 6.07) is 6.14. The summed E-state index contributed by atoms with van der Waals surface area (Å²) >= 11 is 0. The van der Waals surface area contributed by atoms with E-state index >= 15 is 0 Å². The molecule has 0 spiro atoms. The SMILES string of the molecule is COC(=O)CCN(C)C(=O)c1cccc(C(N)=O)c1. The smallest absolute Gasteiger partial charge is 0.307 e. The van der Waals surface area contributed by atoms with E-state index in [1.165, 1.54) is 24.1 Å². The zero-order chi connectivity index (χ0) is 14.4. The van der Waals surface area contributed by atoms with Gasteiger partial charge in [-0.15, -0.1) is 0 Å². The molecule has 0 unspecified atom stereocenters. The first-order valence-electron chi connectivity index (χ1n) is 5.68. The number of ether oxygens (including phenoxy) is 1. The number of carbonyl (C=O) groups excluding carboxylic acids is 3. The minimum atomic E-state index is -0.591. The summed E-state index contributed by atoms with van der Waals surface area (Å²) in [6.45, 7) is 0.242. The number of hydrogen-bond acceptors (Lipinski definition) is 4. The molecule has 2 amide bonds. The molecule has 19 heavy (non-hydrogen) atoms. The summed E-state index contributed by atoms with van der Waals surface area (Å²) in [4.78, 5) is 35.5. The Hall–Kier alpha value is -2.37. The van der Waals surface area contributed by atoms with Crippen molar-refractivity contribution in [2.75, 3.05) is 20.7 Å². The van der Waals surface area contributed by atoms with Gasteiger partial charge in [-0.05, 0) is 18.2 Å². The summed E-state index contributed by atoms with van der Waals surface area (Å²) in [5.74, 6) is -1.26. The summed E-state index contributed by atoms with van der Waals surface area (Å²) < 4.78 is 4.50. The van der Waals surface area contributed by atoms with Gasteiger partial charge < -0.3 is 15.4 Å². The molecule has 0 fully saturated rings. The molecule has 6 heteroatoms. The van der Waals surface area contributed by atoms with Gasteiger partial charge in [0.2, 0.25) is 5.91 Å². The maximum Gasteiger partial charge on any atom is 0.307 e. The number of hydrogen-bond donors (Lipinski definition) is 1. The summed E-state index contributed by atoms with van der Waals surface area (Å²) in [7, 11) is 2.86. The Balaban J connectivity index is 2.74. The molecule has 1 aromatic carbocycles. The predicted octanol–water partition coefficient (Wildman–Crippen LogP) is 0.421. The molecule has 0 aromatic heterocycles. The van der Waals surface area contributed by atoms with Gasteiger partial charge in [0.15, 0.2) is 0 Å². The summed E-state index contributed by atoms with van der Waals surface area (Å²) in [6.07, 6.45) is 0.119. The monoisotopic (exact) mass is 264 g/mol. The van der Waals surface area contributed by atoms with Crippen LogP contribution < -0.4 is 5.73 Å². The van der Waals surface area contributed by atoms with Crippen molar-refractivity contribution in [3.63, 3.8) is 0 Å². The number of primary amides is 1. The maximum absolute atomic E-state index is 12.0. The molecule has 102 valence electrons. The number of nitrogens with two attached hydrogens (primary N) is 1. The number of rotatable bonds is 5. The van der Waals surface area contributed by atoms with Gasteiger partial charge in [0.05, 0.1) is 13.5 Å². The fraction of sp³-hybridized carbons (Fsp3) is 0.308. The molecule has 1 rings (SSSR count). The van der Waals surface area contributed by atoms with Crippen molar-refractivity contribution in [3.05, 3.63) is 35.4 Å². The van der Waals surface area contributed by atoms with Gasteiger partial charge in [0.25, 0.3) is 5.91 Å². The van der Waals surface area contributed by atoms with Crippen molar-refractivity contribution in [2.24, 2.45) is 5.73 Å². The molecule has 0 aliphatic carbocycles. The van der Waals surface area contributed by atoms with Gasteiger partial charge in [0, 0.05) is 24.7 Å². The lowest BCUT2D eigenvalue weighted by Crippen LogP contribution is -2.29. The van der Waals surface area contributed by atoms with E-state index in [0.717, 1.165) is 0 Å². The molecule has 2 N–H and O–H groups in total. The van der Waals surface area contributed by atoms with E-state index in [1.807, 2.05) is 0 Å². The van der Waals surface area contributed by atoms with Crippen molar-refractivity contribution < 1.29 is 19.1 Å². The van der Waals surface area contributed by atoms with E-state index in [-0.39, 0.29) is 30.4 Å². The highest BCUT2D eigenvalue weighted by Crippen LogP contribution is 2.08. The fourth-order valence-electron chi connectivity index (χ4n) is 1.49. The van der Waals surface area contributed by atoms with Crippen molar-refractivity contribution in [1.82, 2.24) is 4.90 Å². The second kappa shape index (κ2) is 6.53. The largest absolute Gasteiger partial charge is 0.469 e. The minimum Gasteiger partial charge on any atom is -0.469 e. The molecule has 0 saturated carbocycles. The lowest BCUT2D eigenvalue weighted by atomic mass is 10.1. The van der Waals surface area contributed by atoms with Crippen molar-refractivity contribution in [3.8, 4) is 0 Å². The molecule has 0 radical (unpaired) electrons. The Morgan fingerprint density at radius 1 is 1.26 bits per heavy atom. The fourth-order valence-corrected chi connectivity index (χ4v) is 1.49. The number of benzene rings is 1. The molecule has 0 atom stereocenters. The molecule has 0 bridgehead atoms. The molecule has 0 aliphatic heterocycles. The minimum absolute atomic E-state index is 0.119. The van der Waals surface area contributed by atoms with E-state index in [1.54, 1.807) is 19.2 Å². The van der Waals surface area contributed by atoms with Crippen LogP contribution in [0.1, 0.15) is 27.1 Å². The summed E-state index contributed by atoms with van der Waals surface area (Å²) in [5, 5.41) is 0. The number of carbonyl (C=O) groups is 3. The van der Waals surface area contributed by atoms with Crippen LogP contribution in [0.15, 0.2) is 24.3 Å². The van der Waals surface area contributed by atoms with Crippen molar-refractivity contribution >= 4 is 17.8 Å². The summed E-state index contributed by atoms with van der Waals surface area (Å²) in [5.41, 5.74) is 5.77. The molecular formula is C13H16N2O4. The topological polar surface area (TPSA) is 89.7 Å². The normalized spacial score (nSPS) is 9.79. The predicted molar refractivity (Wildman–Crippen MR) is 68.6 cm³/mol. The Kier molecular flexibility index (Phi) is 5.05. The van der Waals surface area contributed by atoms with Crippen LogP contribution in [0.5, 0.6) is 0 Å². The zero-order valence-corrected chi connectivity index (χ0v) is 10.9. The zero-order valence-electron chi connectivity index (χ0n) is 10.9. The first-order chi connectivity index (χ1) is 8.95. The lowest BCUT2D eigenvalue weighted by Gasteiger charge is -2.16. The van der Waals surface area contributed by atoms with Crippen LogP contribution in [0, 0.1) is 0 Å². The van der Waals surface area contributed by atoms with Crippen LogP contribution in [0.2, 0.25) is 0 Å². The molecular weight excluding hydrogens is 248 g/mol. The van der Waals surface area contributed by atoms with E-state index in [0.29, 0.717) is 5.56 Å². The van der Waals surface area contributed by atoms with Gasteiger partial charge in [-0.25, -0.2) is 0 Å². The van der Waals surface area contributed by atoms with Crippen LogP contribution in [-0.2, 0) is 9.53 Å². The van der Waals surface area contributed by atoms with Crippen LogP contribution >= 0.6 is 0 Å². The standard InChI is InChI=1S/C13H16N2O4/c1-15(7-6-11(16)19-2)13(18)10-5-3-4-9(8-10)12(14)17/h3-5,8H,6-7H2,1-2H3,(H2,14,17). The van der Waals surface area contributed by atoms with Gasteiger partial charge in [0.1, 0.15) is 0 Å². The Bertz CT molecular complexity index is 499. The first-order valence-corrected chi connectivity index (χ1v) is 5.68. The van der Waals surface area contributed by atoms with Gasteiger partial charge in [-0.3, -0.25) is 14.4 Å². The van der Waals surface area contributed by atoms with Crippen LogP contribution in [0.25, 0.3) is 0 Å². The van der Waals surface area contributed by atoms with Crippen molar-refractivity contribution in [1.29, 1.82) is 0 Å². The Morgan fingerprint density at radius 3 is 2.47 bits per heavy atom. The van der Waals surface area contributed by atoms with Gasteiger partial charge in [-0.1, -0.05) is 6.07 Å². The van der Waals surface area contributed by atoms with E-state index < -0.39 is 5.91 Å². The lowest BCUT2D eigenvalue weighted by molar-refractivity contribution is -0.140. The molecule has 1 aromatic rings. The molecule has 0 aliphatic rings.